The van der Waals surface area contributed by atoms with E-state index in [9.17, 15) is 4.79 Å². The predicted octanol–water partition coefficient (Wildman–Crippen LogP) is 1.21. The SMILES string of the molecule is CC(C)CC(NC1CCCC1CN)C(=O)N(C)C. The molecule has 18 heavy (non-hydrogen) atoms. The molecule has 3 N–H and O–H groups in total. The first-order valence-electron chi connectivity index (χ1n) is 7.13. The van der Waals surface area contributed by atoms with Gasteiger partial charge in [0.15, 0.2) is 0 Å². The number of likely N-dealkylation sites (N-methyl/N-ethyl adjacent to an activating group) is 1. The first-order chi connectivity index (χ1) is 8.45. The van der Waals surface area contributed by atoms with Crippen molar-refractivity contribution in [2.24, 2.45) is 17.6 Å². The largest absolute Gasteiger partial charge is 0.347 e. The zero-order valence-electron chi connectivity index (χ0n) is 12.3. The molecule has 0 heterocycles. The highest BCUT2D eigenvalue weighted by molar-refractivity contribution is 5.81. The molecule has 0 bridgehead atoms. The Balaban J connectivity index is 2.62. The van der Waals surface area contributed by atoms with Gasteiger partial charge < -0.3 is 16.0 Å². The Labute approximate surface area is 111 Å². The Hall–Kier alpha value is -0.610. The van der Waals surface area contributed by atoms with Crippen LogP contribution in [0, 0.1) is 11.8 Å². The monoisotopic (exact) mass is 255 g/mol. The van der Waals surface area contributed by atoms with Crippen LogP contribution in [0.5, 0.6) is 0 Å². The maximum atomic E-state index is 12.2. The Bertz CT molecular complexity index is 266. The van der Waals surface area contributed by atoms with Gasteiger partial charge in [0.1, 0.15) is 0 Å². The molecule has 1 amide bonds. The Morgan fingerprint density at radius 2 is 2.06 bits per heavy atom. The molecule has 1 fully saturated rings. The quantitative estimate of drug-likeness (QED) is 0.750. The fourth-order valence-electron chi connectivity index (χ4n) is 2.82. The van der Waals surface area contributed by atoms with Crippen molar-refractivity contribution in [1.29, 1.82) is 0 Å². The number of nitrogens with two attached hydrogens (primary N) is 1. The van der Waals surface area contributed by atoms with Crippen LogP contribution in [0.4, 0.5) is 0 Å². The van der Waals surface area contributed by atoms with Crippen molar-refractivity contribution >= 4 is 5.91 Å². The molecule has 4 nitrogen and oxygen atoms in total. The van der Waals surface area contributed by atoms with Gasteiger partial charge in [-0.05, 0) is 37.6 Å². The molecule has 3 atom stereocenters. The van der Waals surface area contributed by atoms with Crippen molar-refractivity contribution in [1.82, 2.24) is 10.2 Å². The molecule has 4 heteroatoms. The lowest BCUT2D eigenvalue weighted by molar-refractivity contribution is -0.131. The number of rotatable bonds is 6. The van der Waals surface area contributed by atoms with Crippen LogP contribution in [-0.4, -0.2) is 43.5 Å². The van der Waals surface area contributed by atoms with Gasteiger partial charge in [0, 0.05) is 20.1 Å². The van der Waals surface area contributed by atoms with Gasteiger partial charge in [-0.15, -0.1) is 0 Å². The lowest BCUT2D eigenvalue weighted by atomic mass is 9.98. The van der Waals surface area contributed by atoms with Gasteiger partial charge >= 0.3 is 0 Å². The van der Waals surface area contributed by atoms with Crippen LogP contribution in [0.1, 0.15) is 39.5 Å². The summed E-state index contributed by atoms with van der Waals surface area (Å²) in [6.45, 7) is 5.04. The fraction of sp³-hybridized carbons (Fsp3) is 0.929. The van der Waals surface area contributed by atoms with E-state index in [0.29, 0.717) is 17.9 Å². The molecule has 0 spiro atoms. The topological polar surface area (TPSA) is 58.4 Å². The van der Waals surface area contributed by atoms with Crippen molar-refractivity contribution in [3.05, 3.63) is 0 Å². The second-order valence-corrected chi connectivity index (χ2v) is 6.11. The van der Waals surface area contributed by atoms with Gasteiger partial charge in [-0.1, -0.05) is 20.3 Å². The van der Waals surface area contributed by atoms with Crippen LogP contribution in [-0.2, 0) is 4.79 Å². The number of nitrogens with zero attached hydrogens (tertiary/aromatic N) is 1. The third-order valence-corrected chi connectivity index (χ3v) is 3.82. The fourth-order valence-corrected chi connectivity index (χ4v) is 2.82. The molecular weight excluding hydrogens is 226 g/mol. The van der Waals surface area contributed by atoms with Gasteiger partial charge in [-0.2, -0.15) is 0 Å². The summed E-state index contributed by atoms with van der Waals surface area (Å²) >= 11 is 0. The highest BCUT2D eigenvalue weighted by atomic mass is 16.2. The standard InChI is InChI=1S/C14H29N3O/c1-10(2)8-13(14(18)17(3)4)16-12-7-5-6-11(12)9-15/h10-13,16H,5-9,15H2,1-4H3. The number of carbonyl (C=O) groups is 1. The zero-order valence-corrected chi connectivity index (χ0v) is 12.3. The van der Waals surface area contributed by atoms with Gasteiger partial charge in [0.05, 0.1) is 6.04 Å². The minimum Gasteiger partial charge on any atom is -0.347 e. The smallest absolute Gasteiger partial charge is 0.239 e. The molecule has 1 aliphatic rings. The minimum atomic E-state index is -0.0582. The summed E-state index contributed by atoms with van der Waals surface area (Å²) in [6.07, 6.45) is 4.46. The number of hydrogen-bond donors (Lipinski definition) is 2. The molecule has 1 aliphatic carbocycles. The number of amides is 1. The maximum absolute atomic E-state index is 12.2. The van der Waals surface area contributed by atoms with Crippen LogP contribution >= 0.6 is 0 Å². The van der Waals surface area contributed by atoms with Crippen LogP contribution in [0.25, 0.3) is 0 Å². The molecule has 3 unspecified atom stereocenters. The highest BCUT2D eigenvalue weighted by Gasteiger charge is 2.31. The van der Waals surface area contributed by atoms with E-state index in [1.807, 2.05) is 14.1 Å². The molecule has 0 saturated heterocycles. The molecule has 106 valence electrons. The summed E-state index contributed by atoms with van der Waals surface area (Å²) in [5, 5.41) is 3.56. The summed E-state index contributed by atoms with van der Waals surface area (Å²) in [5.74, 6) is 1.24. The Morgan fingerprint density at radius 3 is 2.56 bits per heavy atom. The van der Waals surface area contributed by atoms with Gasteiger partial charge in [-0.25, -0.2) is 0 Å². The Kier molecular flexibility index (Phi) is 6.09. The average Bonchev–Trinajstić information content (AvgIpc) is 2.73. The van der Waals surface area contributed by atoms with Crippen LogP contribution in [0.3, 0.4) is 0 Å². The molecule has 1 rings (SSSR count). The van der Waals surface area contributed by atoms with E-state index in [-0.39, 0.29) is 11.9 Å². The summed E-state index contributed by atoms with van der Waals surface area (Å²) in [5.41, 5.74) is 5.80. The summed E-state index contributed by atoms with van der Waals surface area (Å²) in [4.78, 5) is 13.9. The van der Waals surface area contributed by atoms with Gasteiger partial charge in [0.25, 0.3) is 0 Å². The predicted molar refractivity (Wildman–Crippen MR) is 75.3 cm³/mol. The van der Waals surface area contributed by atoms with Gasteiger partial charge in [0.2, 0.25) is 5.91 Å². The maximum Gasteiger partial charge on any atom is 0.239 e. The molecule has 0 aromatic carbocycles. The van der Waals surface area contributed by atoms with E-state index in [1.54, 1.807) is 4.90 Å². The third-order valence-electron chi connectivity index (χ3n) is 3.82. The van der Waals surface area contributed by atoms with Crippen molar-refractivity contribution in [3.63, 3.8) is 0 Å². The van der Waals surface area contributed by atoms with E-state index < -0.39 is 0 Å². The van der Waals surface area contributed by atoms with Crippen molar-refractivity contribution in [3.8, 4) is 0 Å². The number of nitrogens with one attached hydrogen (secondary N) is 1. The van der Waals surface area contributed by atoms with Crippen molar-refractivity contribution in [2.45, 2.75) is 51.6 Å². The van der Waals surface area contributed by atoms with Gasteiger partial charge in [-0.3, -0.25) is 4.79 Å². The first-order valence-corrected chi connectivity index (χ1v) is 7.13. The second-order valence-electron chi connectivity index (χ2n) is 6.11. The van der Waals surface area contributed by atoms with E-state index in [2.05, 4.69) is 19.2 Å². The lowest BCUT2D eigenvalue weighted by Gasteiger charge is -2.28. The van der Waals surface area contributed by atoms with E-state index in [4.69, 9.17) is 5.73 Å². The third kappa shape index (κ3) is 4.25. The average molecular weight is 255 g/mol. The number of hydrogen-bond acceptors (Lipinski definition) is 3. The Morgan fingerprint density at radius 1 is 1.39 bits per heavy atom. The normalized spacial score (nSPS) is 25.4. The summed E-state index contributed by atoms with van der Waals surface area (Å²) in [7, 11) is 3.65. The first kappa shape index (κ1) is 15.4. The van der Waals surface area contributed by atoms with Crippen molar-refractivity contribution in [2.75, 3.05) is 20.6 Å². The lowest BCUT2D eigenvalue weighted by Crippen LogP contribution is -2.50. The molecule has 1 saturated carbocycles. The molecule has 0 aromatic rings. The molecule has 0 radical (unpaired) electrons. The second kappa shape index (κ2) is 7.10. The van der Waals surface area contributed by atoms with E-state index in [1.165, 1.54) is 12.8 Å². The zero-order chi connectivity index (χ0) is 13.7. The summed E-state index contributed by atoms with van der Waals surface area (Å²) < 4.78 is 0. The highest BCUT2D eigenvalue weighted by Crippen LogP contribution is 2.25. The minimum absolute atomic E-state index is 0.0582. The molecule has 0 aliphatic heterocycles. The molecular formula is C14H29N3O. The summed E-state index contributed by atoms with van der Waals surface area (Å²) in [6, 6.07) is 0.361. The molecule has 0 aromatic heterocycles. The van der Waals surface area contributed by atoms with Crippen LogP contribution < -0.4 is 11.1 Å². The van der Waals surface area contributed by atoms with E-state index >= 15 is 0 Å². The van der Waals surface area contributed by atoms with E-state index in [0.717, 1.165) is 19.4 Å². The van der Waals surface area contributed by atoms with Crippen LogP contribution in [0.2, 0.25) is 0 Å². The van der Waals surface area contributed by atoms with Crippen molar-refractivity contribution < 1.29 is 4.79 Å². The number of carbonyl (C=O) groups excluding carboxylic acids is 1. The van der Waals surface area contributed by atoms with Crippen LogP contribution in [0.15, 0.2) is 0 Å².